The number of amides is 2. The number of aromatic nitrogens is 1. The number of hydrogen-bond donors (Lipinski definition) is 2. The average molecular weight is 409 g/mol. The number of thiazole rings is 1. The summed E-state index contributed by atoms with van der Waals surface area (Å²) in [6, 6.07) is 16.1. The SMILES string of the molecule is CC(=O)Nc1ccc(NC(=O)COC(=O)c2sc(-c3ccccc3)nc2C)cc1. The molecule has 0 aliphatic heterocycles. The molecule has 0 saturated heterocycles. The minimum absolute atomic E-state index is 0.178. The molecule has 0 aliphatic rings. The van der Waals surface area contributed by atoms with E-state index in [1.165, 1.54) is 18.3 Å². The number of nitrogens with zero attached hydrogens (tertiary/aromatic N) is 1. The Balaban J connectivity index is 1.56. The average Bonchev–Trinajstić information content (AvgIpc) is 3.10. The molecule has 29 heavy (non-hydrogen) atoms. The second kappa shape index (κ2) is 9.11. The number of esters is 1. The molecule has 0 spiro atoms. The van der Waals surface area contributed by atoms with Gasteiger partial charge in [-0.15, -0.1) is 11.3 Å². The predicted molar refractivity (Wildman–Crippen MR) is 112 cm³/mol. The zero-order chi connectivity index (χ0) is 20.8. The molecule has 0 radical (unpaired) electrons. The predicted octanol–water partition coefficient (Wildman–Crippen LogP) is 3.87. The first-order valence-electron chi connectivity index (χ1n) is 8.80. The molecule has 0 fully saturated rings. The Labute approximate surface area is 171 Å². The first-order chi connectivity index (χ1) is 13.9. The van der Waals surface area contributed by atoms with Gasteiger partial charge in [-0.1, -0.05) is 30.3 Å². The molecule has 1 aromatic heterocycles. The third-order valence-corrected chi connectivity index (χ3v) is 5.01. The quantitative estimate of drug-likeness (QED) is 0.602. The van der Waals surface area contributed by atoms with Crippen LogP contribution in [0.2, 0.25) is 0 Å². The Hall–Kier alpha value is -3.52. The highest BCUT2D eigenvalue weighted by atomic mass is 32.1. The van der Waals surface area contributed by atoms with Crippen molar-refractivity contribution in [1.82, 2.24) is 4.98 Å². The molecule has 0 saturated carbocycles. The van der Waals surface area contributed by atoms with Crippen LogP contribution < -0.4 is 10.6 Å². The van der Waals surface area contributed by atoms with Gasteiger partial charge in [-0.05, 0) is 31.2 Å². The fraction of sp³-hybridized carbons (Fsp3) is 0.143. The molecule has 2 amide bonds. The number of aryl methyl sites for hydroxylation is 1. The zero-order valence-electron chi connectivity index (χ0n) is 15.9. The second-order valence-electron chi connectivity index (χ2n) is 6.18. The lowest BCUT2D eigenvalue weighted by atomic mass is 10.2. The van der Waals surface area contributed by atoms with Gasteiger partial charge in [-0.2, -0.15) is 0 Å². The summed E-state index contributed by atoms with van der Waals surface area (Å²) in [7, 11) is 0. The summed E-state index contributed by atoms with van der Waals surface area (Å²) in [6.45, 7) is 2.73. The van der Waals surface area contributed by atoms with Crippen molar-refractivity contribution in [2.75, 3.05) is 17.2 Å². The van der Waals surface area contributed by atoms with E-state index >= 15 is 0 Å². The van der Waals surface area contributed by atoms with Gasteiger partial charge in [0.05, 0.1) is 5.69 Å². The van der Waals surface area contributed by atoms with E-state index in [0.29, 0.717) is 21.9 Å². The molecule has 1 heterocycles. The Morgan fingerprint density at radius 3 is 2.21 bits per heavy atom. The standard InChI is InChI=1S/C21H19N3O4S/c1-13-19(29-20(22-13)15-6-4-3-5-7-15)21(27)28-12-18(26)24-17-10-8-16(9-11-17)23-14(2)25/h3-11H,12H2,1-2H3,(H,23,25)(H,24,26). The minimum Gasteiger partial charge on any atom is -0.451 e. The minimum atomic E-state index is -0.585. The summed E-state index contributed by atoms with van der Waals surface area (Å²) in [5, 5.41) is 5.99. The van der Waals surface area contributed by atoms with Gasteiger partial charge in [0.25, 0.3) is 5.91 Å². The molecule has 3 rings (SSSR count). The summed E-state index contributed by atoms with van der Waals surface area (Å²) < 4.78 is 5.13. The maximum Gasteiger partial charge on any atom is 0.350 e. The third kappa shape index (κ3) is 5.49. The normalized spacial score (nSPS) is 10.3. The Bertz CT molecular complexity index is 1030. The van der Waals surface area contributed by atoms with Crippen molar-refractivity contribution in [3.8, 4) is 10.6 Å². The molecule has 0 bridgehead atoms. The number of anilines is 2. The van der Waals surface area contributed by atoms with E-state index in [1.54, 1.807) is 31.2 Å². The molecular weight excluding hydrogens is 390 g/mol. The van der Waals surface area contributed by atoms with Crippen molar-refractivity contribution in [3.05, 3.63) is 65.2 Å². The van der Waals surface area contributed by atoms with Gasteiger partial charge in [0.2, 0.25) is 5.91 Å². The number of nitrogens with one attached hydrogen (secondary N) is 2. The van der Waals surface area contributed by atoms with E-state index in [9.17, 15) is 14.4 Å². The lowest BCUT2D eigenvalue weighted by Gasteiger charge is -2.07. The second-order valence-corrected chi connectivity index (χ2v) is 7.18. The molecule has 3 aromatic rings. The van der Waals surface area contributed by atoms with Crippen LogP contribution in [0.4, 0.5) is 11.4 Å². The zero-order valence-corrected chi connectivity index (χ0v) is 16.7. The van der Waals surface area contributed by atoms with Crippen LogP contribution in [0, 0.1) is 6.92 Å². The van der Waals surface area contributed by atoms with Crippen molar-refractivity contribution in [2.45, 2.75) is 13.8 Å². The fourth-order valence-electron chi connectivity index (χ4n) is 2.52. The first-order valence-corrected chi connectivity index (χ1v) is 9.61. The van der Waals surface area contributed by atoms with Crippen LogP contribution in [-0.2, 0) is 14.3 Å². The van der Waals surface area contributed by atoms with Gasteiger partial charge in [0.15, 0.2) is 6.61 Å². The van der Waals surface area contributed by atoms with Gasteiger partial charge in [0.1, 0.15) is 9.88 Å². The molecule has 2 N–H and O–H groups in total. The van der Waals surface area contributed by atoms with E-state index in [2.05, 4.69) is 15.6 Å². The fourth-order valence-corrected chi connectivity index (χ4v) is 3.49. The van der Waals surface area contributed by atoms with Crippen molar-refractivity contribution < 1.29 is 19.1 Å². The highest BCUT2D eigenvalue weighted by Crippen LogP contribution is 2.28. The largest absolute Gasteiger partial charge is 0.451 e. The summed E-state index contributed by atoms with van der Waals surface area (Å²) in [6.07, 6.45) is 0. The van der Waals surface area contributed by atoms with Gasteiger partial charge >= 0.3 is 5.97 Å². The smallest absolute Gasteiger partial charge is 0.350 e. The van der Waals surface area contributed by atoms with E-state index in [4.69, 9.17) is 4.74 Å². The number of carbonyl (C=O) groups is 3. The highest BCUT2D eigenvalue weighted by molar-refractivity contribution is 7.17. The van der Waals surface area contributed by atoms with Gasteiger partial charge in [0, 0.05) is 23.9 Å². The van der Waals surface area contributed by atoms with Crippen molar-refractivity contribution >= 4 is 40.5 Å². The Kier molecular flexibility index (Phi) is 6.36. The molecule has 0 atom stereocenters. The summed E-state index contributed by atoms with van der Waals surface area (Å²) in [5.41, 5.74) is 2.63. The third-order valence-electron chi connectivity index (χ3n) is 3.83. The molecule has 0 aliphatic carbocycles. The summed E-state index contributed by atoms with van der Waals surface area (Å²) in [5.74, 6) is -1.23. The number of carbonyl (C=O) groups excluding carboxylic acids is 3. The van der Waals surface area contributed by atoms with Crippen LogP contribution >= 0.6 is 11.3 Å². The van der Waals surface area contributed by atoms with Crippen LogP contribution in [0.1, 0.15) is 22.3 Å². The van der Waals surface area contributed by atoms with Gasteiger partial charge < -0.3 is 15.4 Å². The molecule has 8 heteroatoms. The van der Waals surface area contributed by atoms with E-state index in [-0.39, 0.29) is 5.91 Å². The van der Waals surface area contributed by atoms with Crippen molar-refractivity contribution in [2.24, 2.45) is 0 Å². The molecule has 7 nitrogen and oxygen atoms in total. The molecule has 148 valence electrons. The molecular formula is C21H19N3O4S. The van der Waals surface area contributed by atoms with Crippen molar-refractivity contribution in [3.63, 3.8) is 0 Å². The molecule has 2 aromatic carbocycles. The van der Waals surface area contributed by atoms with E-state index < -0.39 is 18.5 Å². The van der Waals surface area contributed by atoms with Crippen molar-refractivity contribution in [1.29, 1.82) is 0 Å². The topological polar surface area (TPSA) is 97.4 Å². The lowest BCUT2D eigenvalue weighted by Crippen LogP contribution is -2.20. The van der Waals surface area contributed by atoms with Crippen LogP contribution in [0.5, 0.6) is 0 Å². The van der Waals surface area contributed by atoms with Crippen LogP contribution in [-0.4, -0.2) is 29.4 Å². The van der Waals surface area contributed by atoms with Gasteiger partial charge in [-0.25, -0.2) is 9.78 Å². The maximum absolute atomic E-state index is 12.3. The van der Waals surface area contributed by atoms with Crippen LogP contribution in [0.15, 0.2) is 54.6 Å². The number of ether oxygens (including phenoxy) is 1. The Morgan fingerprint density at radius 2 is 1.59 bits per heavy atom. The molecule has 0 unspecified atom stereocenters. The lowest BCUT2D eigenvalue weighted by molar-refractivity contribution is -0.119. The van der Waals surface area contributed by atoms with Gasteiger partial charge in [-0.3, -0.25) is 9.59 Å². The Morgan fingerprint density at radius 1 is 0.966 bits per heavy atom. The maximum atomic E-state index is 12.3. The summed E-state index contributed by atoms with van der Waals surface area (Å²) >= 11 is 1.23. The summed E-state index contributed by atoms with van der Waals surface area (Å²) in [4.78, 5) is 40.2. The van der Waals surface area contributed by atoms with Crippen LogP contribution in [0.25, 0.3) is 10.6 Å². The number of hydrogen-bond acceptors (Lipinski definition) is 6. The number of rotatable bonds is 6. The first kappa shape index (κ1) is 20.2. The van der Waals surface area contributed by atoms with E-state index in [1.807, 2.05) is 30.3 Å². The highest BCUT2D eigenvalue weighted by Gasteiger charge is 2.18. The number of benzene rings is 2. The monoisotopic (exact) mass is 409 g/mol. The van der Waals surface area contributed by atoms with E-state index in [0.717, 1.165) is 10.6 Å². The van der Waals surface area contributed by atoms with Crippen LogP contribution in [0.3, 0.4) is 0 Å².